The number of carbonyl (C=O) groups is 4. The third-order valence-electron chi connectivity index (χ3n) is 1.36. The van der Waals surface area contributed by atoms with Crippen LogP contribution in [-0.2, 0) is 19.2 Å². The van der Waals surface area contributed by atoms with Crippen molar-refractivity contribution >= 4 is 61.6 Å². The molecule has 0 radical (unpaired) electrons. The summed E-state index contributed by atoms with van der Waals surface area (Å²) in [4.78, 5) is 37.4. The SMILES string of the molecule is C[C@H](O)C(=O)[O-].C[C@H](O)C(=O)[O-].C[C@H](O)C(=O)[O-].C[C@H](O)C(=O)[O-].[Ca+2]. The summed E-state index contributed by atoms with van der Waals surface area (Å²) in [5, 5.41) is 69.2. The molecule has 0 heterocycles. The smallest absolute Gasteiger partial charge is 0.547 e. The molecule has 0 aliphatic heterocycles. The Kier molecular flexibility index (Phi) is 29.6. The number of aliphatic carboxylic acids is 4. The summed E-state index contributed by atoms with van der Waals surface area (Å²) in [6.45, 7) is 4.54. The van der Waals surface area contributed by atoms with E-state index in [0.29, 0.717) is 0 Å². The second kappa shape index (κ2) is 21.0. The minimum atomic E-state index is -1.44. The molecule has 0 amide bonds. The van der Waals surface area contributed by atoms with E-state index in [4.69, 9.17) is 20.4 Å². The van der Waals surface area contributed by atoms with Crippen LogP contribution in [0.25, 0.3) is 0 Å². The maximum absolute atomic E-state index is 9.34. The third kappa shape index (κ3) is 45.1. The fourth-order valence-corrected chi connectivity index (χ4v) is 0. The average molecular weight is 396 g/mol. The van der Waals surface area contributed by atoms with Crippen LogP contribution >= 0.6 is 0 Å². The number of carboxylic acid groups (broad SMARTS) is 4. The van der Waals surface area contributed by atoms with Crippen molar-refractivity contribution in [2.75, 3.05) is 0 Å². The topological polar surface area (TPSA) is 241 Å². The van der Waals surface area contributed by atoms with Crippen molar-refractivity contribution in [2.45, 2.75) is 52.1 Å². The van der Waals surface area contributed by atoms with Gasteiger partial charge in [-0.1, -0.05) is 0 Å². The van der Waals surface area contributed by atoms with Crippen LogP contribution in [0.1, 0.15) is 27.7 Å². The minimum absolute atomic E-state index is 0. The predicted octanol–water partition coefficient (Wildman–Crippen LogP) is -7.91. The third-order valence-corrected chi connectivity index (χ3v) is 1.36. The van der Waals surface area contributed by atoms with E-state index in [-0.39, 0.29) is 37.7 Å². The summed E-state index contributed by atoms with van der Waals surface area (Å²) >= 11 is 0. The maximum Gasteiger partial charge on any atom is 2.00 e. The van der Waals surface area contributed by atoms with Gasteiger partial charge in [0.05, 0.1) is 48.3 Å². The second-order valence-corrected chi connectivity index (χ2v) is 3.98. The summed E-state index contributed by atoms with van der Waals surface area (Å²) in [5.74, 6) is -5.74. The Morgan fingerprint density at radius 3 is 0.560 bits per heavy atom. The van der Waals surface area contributed by atoms with Gasteiger partial charge in [0.25, 0.3) is 0 Å². The molecule has 0 bridgehead atoms. The van der Waals surface area contributed by atoms with Gasteiger partial charge in [0, 0.05) is 0 Å². The van der Waals surface area contributed by atoms with Gasteiger partial charge in [-0.3, -0.25) is 0 Å². The van der Waals surface area contributed by atoms with Gasteiger partial charge in [-0.05, 0) is 27.7 Å². The summed E-state index contributed by atoms with van der Waals surface area (Å²) in [5.41, 5.74) is 0. The van der Waals surface area contributed by atoms with Crippen LogP contribution in [0.4, 0.5) is 0 Å². The van der Waals surface area contributed by atoms with Crippen LogP contribution < -0.4 is 20.4 Å². The van der Waals surface area contributed by atoms with E-state index < -0.39 is 48.3 Å². The van der Waals surface area contributed by atoms with Crippen molar-refractivity contribution < 1.29 is 60.0 Å². The fourth-order valence-electron chi connectivity index (χ4n) is 0. The molecule has 144 valence electrons. The van der Waals surface area contributed by atoms with Gasteiger partial charge in [-0.2, -0.15) is 0 Å². The number of carbonyl (C=O) groups excluding carboxylic acids is 4. The number of carboxylic acids is 4. The van der Waals surface area contributed by atoms with Gasteiger partial charge >= 0.3 is 37.7 Å². The molecule has 0 rings (SSSR count). The quantitative estimate of drug-likeness (QED) is 0.324. The van der Waals surface area contributed by atoms with Gasteiger partial charge in [-0.25, -0.2) is 0 Å². The molecule has 25 heavy (non-hydrogen) atoms. The Bertz CT molecular complexity index is 306. The largest absolute Gasteiger partial charge is 2.00 e. The zero-order valence-electron chi connectivity index (χ0n) is 14.1. The second-order valence-electron chi connectivity index (χ2n) is 3.98. The number of hydrogen-bond acceptors (Lipinski definition) is 12. The predicted molar refractivity (Wildman–Crippen MR) is 72.5 cm³/mol. The Balaban J connectivity index is -0.0000000702. The summed E-state index contributed by atoms with van der Waals surface area (Å²) in [7, 11) is 0. The van der Waals surface area contributed by atoms with E-state index in [0.717, 1.165) is 27.7 Å². The zero-order valence-corrected chi connectivity index (χ0v) is 16.3. The summed E-state index contributed by atoms with van der Waals surface area (Å²) in [6.07, 6.45) is -5.37. The Labute approximate surface area is 173 Å². The molecule has 0 aliphatic rings. The van der Waals surface area contributed by atoms with E-state index in [9.17, 15) is 39.6 Å². The average Bonchev–Trinajstić information content (AvgIpc) is 2.40. The van der Waals surface area contributed by atoms with Gasteiger partial charge < -0.3 is 60.0 Å². The van der Waals surface area contributed by atoms with Crippen LogP contribution in [-0.4, -0.2) is 106 Å². The Morgan fingerprint density at radius 2 is 0.560 bits per heavy atom. The molecule has 0 saturated carbocycles. The molecule has 0 saturated heterocycles. The van der Waals surface area contributed by atoms with Crippen molar-refractivity contribution in [1.29, 1.82) is 0 Å². The van der Waals surface area contributed by atoms with Crippen LogP contribution in [0.5, 0.6) is 0 Å². The standard InChI is InChI=1S/4C3H6O3.Ca/c4*1-2(4)3(5)6;/h4*2,4H,1H3,(H,5,6);/q;;;;+2/p-4/t4*2-;/m0000./s1. The summed E-state index contributed by atoms with van der Waals surface area (Å²) in [6, 6.07) is 0. The molecule has 4 atom stereocenters. The monoisotopic (exact) mass is 396 g/mol. The van der Waals surface area contributed by atoms with Crippen molar-refractivity contribution in [3.05, 3.63) is 0 Å². The number of rotatable bonds is 4. The van der Waals surface area contributed by atoms with Gasteiger partial charge in [0.15, 0.2) is 0 Å². The molecule has 0 unspecified atom stereocenters. The summed E-state index contributed by atoms with van der Waals surface area (Å²) < 4.78 is 0. The molecule has 13 heteroatoms. The van der Waals surface area contributed by atoms with Crippen molar-refractivity contribution in [3.63, 3.8) is 0 Å². The van der Waals surface area contributed by atoms with E-state index in [2.05, 4.69) is 0 Å². The molecule has 0 aromatic rings. The molecule has 0 aromatic carbocycles. The molecule has 0 aromatic heterocycles. The van der Waals surface area contributed by atoms with Crippen LogP contribution in [0.3, 0.4) is 0 Å². The molecule has 4 N–H and O–H groups in total. The number of aliphatic hydroxyl groups is 4. The van der Waals surface area contributed by atoms with Gasteiger partial charge in [0.2, 0.25) is 0 Å². The van der Waals surface area contributed by atoms with Crippen LogP contribution in [0.2, 0.25) is 0 Å². The normalized spacial score (nSPS) is 13.1. The molecule has 12 nitrogen and oxygen atoms in total. The van der Waals surface area contributed by atoms with Crippen LogP contribution in [0.15, 0.2) is 0 Å². The molecule has 0 aliphatic carbocycles. The first-order valence-electron chi connectivity index (χ1n) is 6.13. The van der Waals surface area contributed by atoms with E-state index in [1.54, 1.807) is 0 Å². The Morgan fingerprint density at radius 1 is 0.520 bits per heavy atom. The van der Waals surface area contributed by atoms with Gasteiger partial charge in [-0.15, -0.1) is 0 Å². The number of aliphatic hydroxyl groups excluding tert-OH is 4. The molecular formula is C12H20CaO12-2. The minimum Gasteiger partial charge on any atom is -0.547 e. The van der Waals surface area contributed by atoms with Crippen molar-refractivity contribution in [2.24, 2.45) is 0 Å². The van der Waals surface area contributed by atoms with E-state index >= 15 is 0 Å². The van der Waals surface area contributed by atoms with Crippen molar-refractivity contribution in [3.8, 4) is 0 Å². The first kappa shape index (κ1) is 35.2. The molecular weight excluding hydrogens is 376 g/mol. The molecule has 0 spiro atoms. The molecule has 0 fully saturated rings. The number of hydrogen-bond donors (Lipinski definition) is 4. The first-order chi connectivity index (χ1) is 10.6. The fraction of sp³-hybridized carbons (Fsp3) is 0.667. The van der Waals surface area contributed by atoms with Crippen molar-refractivity contribution in [1.82, 2.24) is 0 Å². The van der Waals surface area contributed by atoms with Gasteiger partial charge in [0.1, 0.15) is 0 Å². The van der Waals surface area contributed by atoms with E-state index in [1.807, 2.05) is 0 Å². The zero-order chi connectivity index (χ0) is 20.6. The Hall–Kier alpha value is -1.02. The maximum atomic E-state index is 9.34. The van der Waals surface area contributed by atoms with E-state index in [1.165, 1.54) is 0 Å². The van der Waals surface area contributed by atoms with Crippen LogP contribution in [0, 0.1) is 0 Å². The first-order valence-corrected chi connectivity index (χ1v) is 6.13.